The van der Waals surface area contributed by atoms with Gasteiger partial charge in [-0.15, -0.1) is 0 Å². The summed E-state index contributed by atoms with van der Waals surface area (Å²) in [6, 6.07) is 0. The molecule has 2 fully saturated rings. The van der Waals surface area contributed by atoms with E-state index in [0.717, 1.165) is 6.92 Å². The maximum absolute atomic E-state index is 17.5. The van der Waals surface area contributed by atoms with E-state index in [0.29, 0.717) is 0 Å². The third-order valence-electron chi connectivity index (χ3n) is 9.14. The first-order valence-electron chi connectivity index (χ1n) is 12.4. The van der Waals surface area contributed by atoms with Gasteiger partial charge in [0, 0.05) is 23.8 Å². The molecule has 2 saturated carbocycles. The summed E-state index contributed by atoms with van der Waals surface area (Å²) in [6.45, 7) is 6.94. The van der Waals surface area contributed by atoms with Crippen molar-refractivity contribution in [3.8, 4) is 0 Å². The number of rotatable bonds is 5. The SMILES string of the molecule is CCOC(=O)OC1=C[C@H]2[C@@H]3C[C@H](C)[C@](O)(C(=O)COC(C)=O)[C@@]3(C)C[C@H](O)[C@]2(F)[C@@]2(C)C=CC(=O)C=C12. The van der Waals surface area contributed by atoms with Crippen molar-refractivity contribution in [2.45, 2.75) is 64.8 Å². The maximum Gasteiger partial charge on any atom is 0.513 e. The van der Waals surface area contributed by atoms with Crippen molar-refractivity contribution < 1.29 is 48.0 Å². The van der Waals surface area contributed by atoms with E-state index < -0.39 is 76.3 Å². The van der Waals surface area contributed by atoms with Crippen LogP contribution in [-0.2, 0) is 28.6 Å². The number of hydrogen-bond donors (Lipinski definition) is 2. The number of fused-ring (bicyclic) bond motifs is 5. The second-order valence-electron chi connectivity index (χ2n) is 11.0. The van der Waals surface area contributed by atoms with E-state index >= 15 is 4.39 Å². The summed E-state index contributed by atoms with van der Waals surface area (Å²) in [5, 5.41) is 23.3. The molecule has 0 aromatic rings. The molecule has 10 heteroatoms. The van der Waals surface area contributed by atoms with Crippen LogP contribution in [-0.4, -0.2) is 64.5 Å². The van der Waals surface area contributed by atoms with Crippen LogP contribution in [0.4, 0.5) is 9.18 Å². The Morgan fingerprint density at radius 1 is 1.22 bits per heavy atom. The van der Waals surface area contributed by atoms with Gasteiger partial charge in [-0.3, -0.25) is 14.4 Å². The summed E-state index contributed by atoms with van der Waals surface area (Å²) in [7, 11) is 0. The molecule has 0 unspecified atom stereocenters. The Labute approximate surface area is 214 Å². The lowest BCUT2D eigenvalue weighted by atomic mass is 9.46. The zero-order chi connectivity index (χ0) is 27.6. The number of alkyl halides is 1. The Kier molecular flexibility index (Phi) is 6.52. The number of allylic oxidation sites excluding steroid dienone is 5. The first-order valence-corrected chi connectivity index (χ1v) is 12.4. The van der Waals surface area contributed by atoms with Gasteiger partial charge < -0.3 is 24.4 Å². The number of carbonyl (C=O) groups is 4. The second kappa shape index (κ2) is 8.87. The standard InChI is InChI=1S/C27H33FO9/c1-6-35-23(33)37-20-11-18-17-9-14(2)27(34,22(32)13-36-15(3)29)25(17,5)12-21(31)26(18,28)24(4)8-7-16(30)10-19(20)24/h7-8,10-11,14,17-18,21,31,34H,6,9,12-13H2,1-5H3/t14-,17-,18-,21-,24-,25-,26-,27-/m0/s1. The predicted octanol–water partition coefficient (Wildman–Crippen LogP) is 2.74. The molecule has 4 aliphatic rings. The molecule has 202 valence electrons. The van der Waals surface area contributed by atoms with Gasteiger partial charge in [0.25, 0.3) is 0 Å². The molecule has 37 heavy (non-hydrogen) atoms. The van der Waals surface area contributed by atoms with Crippen LogP contribution in [0, 0.1) is 28.6 Å². The molecular weight excluding hydrogens is 487 g/mol. The fourth-order valence-electron chi connectivity index (χ4n) is 7.29. The van der Waals surface area contributed by atoms with Crippen molar-refractivity contribution in [3.05, 3.63) is 35.6 Å². The molecule has 0 saturated heterocycles. The minimum atomic E-state index is -2.36. The monoisotopic (exact) mass is 520 g/mol. The van der Waals surface area contributed by atoms with Crippen LogP contribution in [0.2, 0.25) is 0 Å². The molecule has 2 N–H and O–H groups in total. The van der Waals surface area contributed by atoms with Crippen LogP contribution in [0.25, 0.3) is 0 Å². The first-order chi connectivity index (χ1) is 17.2. The number of carbonyl (C=O) groups excluding carboxylic acids is 4. The summed E-state index contributed by atoms with van der Waals surface area (Å²) in [5.41, 5.74) is -7.14. The highest BCUT2D eigenvalue weighted by atomic mass is 19.1. The molecule has 4 aliphatic carbocycles. The Hall–Kier alpha value is -2.85. The predicted molar refractivity (Wildman–Crippen MR) is 126 cm³/mol. The van der Waals surface area contributed by atoms with Crippen molar-refractivity contribution in [3.63, 3.8) is 0 Å². The normalized spacial score (nSPS) is 42.0. The molecule has 0 aromatic heterocycles. The highest BCUT2D eigenvalue weighted by Crippen LogP contribution is 2.70. The second-order valence-corrected chi connectivity index (χ2v) is 11.0. The van der Waals surface area contributed by atoms with Gasteiger partial charge >= 0.3 is 12.1 Å². The van der Waals surface area contributed by atoms with Gasteiger partial charge in [-0.2, -0.15) is 0 Å². The minimum absolute atomic E-state index is 0.0339. The van der Waals surface area contributed by atoms with Gasteiger partial charge in [0.05, 0.1) is 18.1 Å². The fraction of sp³-hybridized carbons (Fsp3) is 0.630. The van der Waals surface area contributed by atoms with E-state index in [1.54, 1.807) is 20.8 Å². The summed E-state index contributed by atoms with van der Waals surface area (Å²) < 4.78 is 32.7. The molecule has 4 rings (SSSR count). The van der Waals surface area contributed by atoms with E-state index in [9.17, 15) is 29.4 Å². The van der Waals surface area contributed by atoms with E-state index in [1.165, 1.54) is 31.2 Å². The summed E-state index contributed by atoms with van der Waals surface area (Å²) in [5.74, 6) is -4.34. The number of hydrogen-bond acceptors (Lipinski definition) is 9. The Morgan fingerprint density at radius 2 is 1.89 bits per heavy atom. The fourth-order valence-corrected chi connectivity index (χ4v) is 7.29. The summed E-state index contributed by atoms with van der Waals surface area (Å²) in [4.78, 5) is 49.1. The lowest BCUT2D eigenvalue weighted by Gasteiger charge is -2.61. The molecule has 0 radical (unpaired) electrons. The highest BCUT2D eigenvalue weighted by Gasteiger charge is 2.75. The van der Waals surface area contributed by atoms with Crippen LogP contribution < -0.4 is 0 Å². The van der Waals surface area contributed by atoms with E-state index in [2.05, 4.69) is 0 Å². The van der Waals surface area contributed by atoms with Gasteiger partial charge in [0.2, 0.25) is 5.78 Å². The van der Waals surface area contributed by atoms with Crippen LogP contribution in [0.1, 0.15) is 47.5 Å². The van der Waals surface area contributed by atoms with Gasteiger partial charge in [-0.05, 0) is 56.8 Å². The number of aliphatic hydroxyl groups excluding tert-OH is 1. The number of Topliss-reactive ketones (excluding diaryl/α,β-unsaturated/α-hetero) is 1. The van der Waals surface area contributed by atoms with Gasteiger partial charge in [0.15, 0.2) is 18.1 Å². The molecule has 0 bridgehead atoms. The average Bonchev–Trinajstić information content (AvgIpc) is 3.02. The smallest absolute Gasteiger partial charge is 0.458 e. The zero-order valence-corrected chi connectivity index (χ0v) is 21.6. The van der Waals surface area contributed by atoms with Crippen molar-refractivity contribution in [2.75, 3.05) is 13.2 Å². The Bertz CT molecular complexity index is 1140. The van der Waals surface area contributed by atoms with Gasteiger partial charge in [-0.1, -0.05) is 19.9 Å². The quantitative estimate of drug-likeness (QED) is 0.524. The number of halogens is 1. The molecule has 0 aliphatic heterocycles. The van der Waals surface area contributed by atoms with Crippen molar-refractivity contribution in [1.82, 2.24) is 0 Å². The van der Waals surface area contributed by atoms with Crippen LogP contribution >= 0.6 is 0 Å². The lowest BCUT2D eigenvalue weighted by Crippen LogP contribution is -2.69. The van der Waals surface area contributed by atoms with Crippen molar-refractivity contribution in [1.29, 1.82) is 0 Å². The highest BCUT2D eigenvalue weighted by molar-refractivity contribution is 6.02. The number of ketones is 2. The molecule has 0 heterocycles. The van der Waals surface area contributed by atoms with E-state index in [-0.39, 0.29) is 30.8 Å². The van der Waals surface area contributed by atoms with E-state index in [4.69, 9.17) is 14.2 Å². The van der Waals surface area contributed by atoms with Crippen molar-refractivity contribution >= 4 is 23.7 Å². The minimum Gasteiger partial charge on any atom is -0.458 e. The van der Waals surface area contributed by atoms with E-state index in [1.807, 2.05) is 0 Å². The molecule has 0 aromatic carbocycles. The third kappa shape index (κ3) is 3.63. The van der Waals surface area contributed by atoms with Gasteiger partial charge in [-0.25, -0.2) is 9.18 Å². The molecular formula is C27H33FO9. The number of aliphatic hydroxyl groups is 2. The summed E-state index contributed by atoms with van der Waals surface area (Å²) in [6.07, 6.45) is 2.40. The Balaban J connectivity index is 1.86. The van der Waals surface area contributed by atoms with Crippen LogP contribution in [0.5, 0.6) is 0 Å². The Morgan fingerprint density at radius 3 is 2.51 bits per heavy atom. The molecule has 8 atom stereocenters. The van der Waals surface area contributed by atoms with Crippen molar-refractivity contribution in [2.24, 2.45) is 28.6 Å². The van der Waals surface area contributed by atoms with Crippen LogP contribution in [0.15, 0.2) is 35.6 Å². The molecule has 0 amide bonds. The molecule has 9 nitrogen and oxygen atoms in total. The zero-order valence-electron chi connectivity index (χ0n) is 21.6. The van der Waals surface area contributed by atoms with Crippen LogP contribution in [0.3, 0.4) is 0 Å². The average molecular weight is 521 g/mol. The first kappa shape index (κ1) is 27.2. The largest absolute Gasteiger partial charge is 0.513 e. The van der Waals surface area contributed by atoms with Gasteiger partial charge in [0.1, 0.15) is 11.4 Å². The lowest BCUT2D eigenvalue weighted by molar-refractivity contribution is -0.207. The topological polar surface area (TPSA) is 136 Å². The maximum atomic E-state index is 17.5. The number of ether oxygens (including phenoxy) is 3. The molecule has 0 spiro atoms. The third-order valence-corrected chi connectivity index (χ3v) is 9.14. The summed E-state index contributed by atoms with van der Waals surface area (Å²) >= 11 is 0. The number of esters is 1.